The molecule has 0 saturated carbocycles. The molecule has 0 saturated heterocycles. The van der Waals surface area contributed by atoms with Crippen LogP contribution in [0.1, 0.15) is 52.3 Å². The van der Waals surface area contributed by atoms with Gasteiger partial charge in [-0.15, -0.1) is 0 Å². The maximum Gasteiger partial charge on any atom is 0.374 e. The number of furan rings is 1. The van der Waals surface area contributed by atoms with E-state index in [9.17, 15) is 9.59 Å². The van der Waals surface area contributed by atoms with Gasteiger partial charge >= 0.3 is 5.97 Å². The van der Waals surface area contributed by atoms with Crippen LogP contribution in [-0.4, -0.2) is 38.4 Å². The highest BCUT2D eigenvalue weighted by Gasteiger charge is 2.19. The van der Waals surface area contributed by atoms with Crippen LogP contribution in [0.3, 0.4) is 0 Å². The smallest absolute Gasteiger partial charge is 0.374 e. The molecule has 1 heterocycles. The van der Waals surface area contributed by atoms with Crippen LogP contribution in [0.4, 0.5) is 0 Å². The molecular weight excluding hydrogens is 424 g/mol. The first kappa shape index (κ1) is 23.8. The zero-order valence-corrected chi connectivity index (χ0v) is 19.5. The normalized spacial score (nSPS) is 11.4. The van der Waals surface area contributed by atoms with Gasteiger partial charge in [0.15, 0.2) is 11.5 Å². The van der Waals surface area contributed by atoms with Gasteiger partial charge < -0.3 is 18.6 Å². The molecule has 2 aromatic carbocycles. The summed E-state index contributed by atoms with van der Waals surface area (Å²) in [7, 11) is 3.05. The number of methoxy groups -OCH3 is 2. The van der Waals surface area contributed by atoms with Gasteiger partial charge in [0.1, 0.15) is 5.58 Å². The lowest BCUT2D eigenvalue weighted by atomic mass is 10.0. The Kier molecular flexibility index (Phi) is 7.71. The number of benzene rings is 2. The van der Waals surface area contributed by atoms with Crippen molar-refractivity contribution in [3.63, 3.8) is 0 Å². The number of aryl methyl sites for hydroxylation is 2. The Morgan fingerprint density at radius 2 is 1.82 bits per heavy atom. The lowest BCUT2D eigenvalue weighted by Gasteiger charge is -2.09. The molecule has 0 aliphatic rings. The first-order chi connectivity index (χ1) is 15.9. The molecule has 0 aliphatic carbocycles. The summed E-state index contributed by atoms with van der Waals surface area (Å²) >= 11 is 0. The fraction of sp³-hybridized carbons (Fsp3) is 0.320. The molecular formula is C25H28N2O6. The van der Waals surface area contributed by atoms with E-state index < -0.39 is 5.97 Å². The van der Waals surface area contributed by atoms with Crippen molar-refractivity contribution < 1.29 is 28.2 Å². The molecule has 0 spiro atoms. The largest absolute Gasteiger partial charge is 0.493 e. The predicted molar refractivity (Wildman–Crippen MR) is 125 cm³/mol. The molecule has 174 valence electrons. The molecule has 0 aliphatic heterocycles. The third-order valence-corrected chi connectivity index (χ3v) is 5.23. The minimum absolute atomic E-state index is 0.236. The van der Waals surface area contributed by atoms with Crippen molar-refractivity contribution in [3.8, 4) is 11.5 Å². The van der Waals surface area contributed by atoms with E-state index in [-0.39, 0.29) is 11.7 Å². The lowest BCUT2D eigenvalue weighted by Crippen LogP contribution is -2.19. The van der Waals surface area contributed by atoms with Gasteiger partial charge in [0, 0.05) is 22.2 Å². The SMILES string of the molecule is CCOC(=O)c1oc2ccc(CC/C(C)=N/NC(=O)c3ccc(OC)c(OC)c3)cc2c1C. The number of esters is 1. The molecule has 1 aromatic heterocycles. The summed E-state index contributed by atoms with van der Waals surface area (Å²) in [6, 6.07) is 10.7. The number of hydrogen-bond acceptors (Lipinski definition) is 7. The Hall–Kier alpha value is -3.81. The summed E-state index contributed by atoms with van der Waals surface area (Å²) in [5.41, 5.74) is 6.25. The second-order valence-electron chi connectivity index (χ2n) is 7.46. The molecule has 1 amide bonds. The monoisotopic (exact) mass is 452 g/mol. The number of rotatable bonds is 9. The average Bonchev–Trinajstić information content (AvgIpc) is 3.16. The Morgan fingerprint density at radius 1 is 1.06 bits per heavy atom. The quantitative estimate of drug-likeness (QED) is 0.288. The number of nitrogens with zero attached hydrogens (tertiary/aromatic N) is 1. The second-order valence-corrected chi connectivity index (χ2v) is 7.46. The summed E-state index contributed by atoms with van der Waals surface area (Å²) in [4.78, 5) is 24.5. The number of hydrazone groups is 1. The Labute approximate surface area is 192 Å². The van der Waals surface area contributed by atoms with Crippen molar-refractivity contribution in [2.75, 3.05) is 20.8 Å². The molecule has 0 fully saturated rings. The van der Waals surface area contributed by atoms with Crippen molar-refractivity contribution in [1.82, 2.24) is 5.43 Å². The van der Waals surface area contributed by atoms with Gasteiger partial charge in [-0.2, -0.15) is 5.10 Å². The van der Waals surface area contributed by atoms with Crippen molar-refractivity contribution >= 4 is 28.6 Å². The van der Waals surface area contributed by atoms with E-state index in [2.05, 4.69) is 10.5 Å². The Balaban J connectivity index is 1.64. The first-order valence-corrected chi connectivity index (χ1v) is 10.6. The zero-order valence-electron chi connectivity index (χ0n) is 19.5. The van der Waals surface area contributed by atoms with Gasteiger partial charge in [-0.1, -0.05) is 6.07 Å². The van der Waals surface area contributed by atoms with Gasteiger partial charge in [-0.25, -0.2) is 10.2 Å². The topological polar surface area (TPSA) is 99.4 Å². The zero-order chi connectivity index (χ0) is 24.0. The van der Waals surface area contributed by atoms with E-state index in [0.717, 1.165) is 28.6 Å². The molecule has 8 nitrogen and oxygen atoms in total. The molecule has 3 aromatic rings. The molecule has 33 heavy (non-hydrogen) atoms. The molecule has 0 radical (unpaired) electrons. The number of carbonyl (C=O) groups is 2. The van der Waals surface area contributed by atoms with Crippen molar-refractivity contribution in [3.05, 3.63) is 58.8 Å². The third kappa shape index (κ3) is 5.52. The average molecular weight is 453 g/mol. The molecule has 3 rings (SSSR count). The number of nitrogens with one attached hydrogen (secondary N) is 1. The van der Waals surface area contributed by atoms with Gasteiger partial charge in [0.05, 0.1) is 20.8 Å². The van der Waals surface area contributed by atoms with Crippen LogP contribution in [0.2, 0.25) is 0 Å². The second kappa shape index (κ2) is 10.7. The highest BCUT2D eigenvalue weighted by molar-refractivity contribution is 5.97. The maximum atomic E-state index is 12.4. The van der Waals surface area contributed by atoms with E-state index in [1.165, 1.54) is 14.2 Å². The molecule has 0 atom stereocenters. The van der Waals surface area contributed by atoms with Crippen LogP contribution in [0.5, 0.6) is 11.5 Å². The maximum absolute atomic E-state index is 12.4. The fourth-order valence-electron chi connectivity index (χ4n) is 3.38. The van der Waals surface area contributed by atoms with E-state index >= 15 is 0 Å². The van der Waals surface area contributed by atoms with Crippen LogP contribution >= 0.6 is 0 Å². The van der Waals surface area contributed by atoms with E-state index in [1.807, 2.05) is 32.0 Å². The molecule has 8 heteroatoms. The number of hydrogen-bond donors (Lipinski definition) is 1. The standard InChI is InChI=1S/C25H28N2O6/c1-6-32-25(29)23-16(3)19-13-17(9-11-20(19)33-23)8-7-15(2)26-27-24(28)18-10-12-21(30-4)22(14-18)31-5/h9-14H,6-8H2,1-5H3,(H,27,28)/b26-15+. The van der Waals surface area contributed by atoms with Crippen LogP contribution in [-0.2, 0) is 11.2 Å². The van der Waals surface area contributed by atoms with Crippen molar-refractivity contribution in [2.45, 2.75) is 33.6 Å². The number of carbonyl (C=O) groups excluding carboxylic acids is 2. The Morgan fingerprint density at radius 3 is 2.52 bits per heavy atom. The third-order valence-electron chi connectivity index (χ3n) is 5.23. The van der Waals surface area contributed by atoms with Crippen LogP contribution < -0.4 is 14.9 Å². The number of amides is 1. The van der Waals surface area contributed by atoms with E-state index in [1.54, 1.807) is 25.1 Å². The number of ether oxygens (including phenoxy) is 3. The van der Waals surface area contributed by atoms with Crippen molar-refractivity contribution in [2.24, 2.45) is 5.10 Å². The summed E-state index contributed by atoms with van der Waals surface area (Å²) in [6.45, 7) is 5.75. The Bertz CT molecular complexity index is 1200. The minimum atomic E-state index is -0.457. The molecule has 0 unspecified atom stereocenters. The summed E-state index contributed by atoms with van der Waals surface area (Å²) in [6.07, 6.45) is 1.37. The predicted octanol–water partition coefficient (Wildman–Crippen LogP) is 4.67. The lowest BCUT2D eigenvalue weighted by molar-refractivity contribution is 0.0491. The van der Waals surface area contributed by atoms with Gasteiger partial charge in [-0.05, 0) is 69.5 Å². The van der Waals surface area contributed by atoms with Crippen molar-refractivity contribution in [1.29, 1.82) is 0 Å². The van der Waals surface area contributed by atoms with Gasteiger partial charge in [0.25, 0.3) is 5.91 Å². The fourth-order valence-corrected chi connectivity index (χ4v) is 3.38. The highest BCUT2D eigenvalue weighted by atomic mass is 16.5. The minimum Gasteiger partial charge on any atom is -0.493 e. The summed E-state index contributed by atoms with van der Waals surface area (Å²) in [5, 5.41) is 5.09. The summed E-state index contributed by atoms with van der Waals surface area (Å²) < 4.78 is 21.1. The highest BCUT2D eigenvalue weighted by Crippen LogP contribution is 2.28. The van der Waals surface area contributed by atoms with Gasteiger partial charge in [0.2, 0.25) is 5.76 Å². The van der Waals surface area contributed by atoms with Crippen LogP contribution in [0.15, 0.2) is 45.9 Å². The molecule has 1 N–H and O–H groups in total. The summed E-state index contributed by atoms with van der Waals surface area (Å²) in [5.74, 6) is 0.465. The van der Waals surface area contributed by atoms with Crippen LogP contribution in [0, 0.1) is 6.92 Å². The number of fused-ring (bicyclic) bond motifs is 1. The van der Waals surface area contributed by atoms with Gasteiger partial charge in [-0.3, -0.25) is 4.79 Å². The van der Waals surface area contributed by atoms with E-state index in [4.69, 9.17) is 18.6 Å². The van der Waals surface area contributed by atoms with E-state index in [0.29, 0.717) is 35.7 Å². The first-order valence-electron chi connectivity index (χ1n) is 10.6. The molecule has 0 bridgehead atoms. The van der Waals surface area contributed by atoms with Crippen LogP contribution in [0.25, 0.3) is 11.0 Å².